The molecule has 6 atom stereocenters. The molecule has 0 unspecified atom stereocenters. The molecule has 23 N–H and O–H groups in total. The second kappa shape index (κ2) is 43.1. The summed E-state index contributed by atoms with van der Waals surface area (Å²) in [6.07, 6.45) is 17.0. The van der Waals surface area contributed by atoms with Crippen LogP contribution in [-0.4, -0.2) is 141 Å². The van der Waals surface area contributed by atoms with Crippen LogP contribution in [0.1, 0.15) is 204 Å². The number of unbranched alkanes of at least 4 members (excludes halogenated alkanes) is 3. The van der Waals surface area contributed by atoms with Gasteiger partial charge in [-0.2, -0.15) is 4.39 Å². The van der Waals surface area contributed by atoms with Crippen LogP contribution in [0.15, 0.2) is 30.3 Å². The number of hydrogen-bond donors (Lipinski definition) is 15. The highest BCUT2D eigenvalue weighted by molar-refractivity contribution is 5.97. The molecule has 3 aliphatic rings. The molecule has 8 amide bonds. The summed E-state index contributed by atoms with van der Waals surface area (Å²) in [5.74, 6) is -8.26. The van der Waals surface area contributed by atoms with Crippen molar-refractivity contribution in [2.75, 3.05) is 39.3 Å². The normalized spacial score (nSPS) is 16.3. The first kappa shape index (κ1) is 80.3. The molecule has 0 aliphatic heterocycles. The molecule has 1 heterocycles. The van der Waals surface area contributed by atoms with E-state index in [0.717, 1.165) is 102 Å². The van der Waals surface area contributed by atoms with Gasteiger partial charge in [0.25, 0.3) is 0 Å². The third-order valence-corrected chi connectivity index (χ3v) is 18.6. The molecule has 0 saturated heterocycles. The number of nitrogens with zero attached hydrogens (tertiary/aromatic N) is 3. The van der Waals surface area contributed by atoms with Crippen molar-refractivity contribution in [3.8, 4) is 5.75 Å². The molecule has 2 aromatic rings. The number of primary amides is 1. The third kappa shape index (κ3) is 28.6. The second-order valence-electron chi connectivity index (χ2n) is 26.4. The summed E-state index contributed by atoms with van der Waals surface area (Å²) < 4.78 is 41.0. The summed E-state index contributed by atoms with van der Waals surface area (Å²) in [6, 6.07) is -6.06. The van der Waals surface area contributed by atoms with Crippen LogP contribution in [-0.2, 0) is 44.8 Å². The molecule has 5 rings (SSSR count). The van der Waals surface area contributed by atoms with Crippen molar-refractivity contribution in [3.05, 3.63) is 39.2 Å². The molecule has 0 spiro atoms. The molecule has 29 nitrogen and oxygen atoms in total. The minimum absolute atomic E-state index is 0.00216. The minimum atomic E-state index is -1.28. The van der Waals surface area contributed by atoms with E-state index in [4.69, 9.17) is 55.0 Å². The summed E-state index contributed by atoms with van der Waals surface area (Å²) in [4.78, 5) is 138. The average Bonchev–Trinajstić information content (AvgIpc) is 0.768. The van der Waals surface area contributed by atoms with Gasteiger partial charge in [0, 0.05) is 38.0 Å². The number of nitrogens with one attached hydrogen (secondary N) is 7. The molecule has 3 saturated carbocycles. The number of amides is 8. The van der Waals surface area contributed by atoms with Gasteiger partial charge in [-0.3, -0.25) is 53.3 Å². The molecule has 3 aliphatic carbocycles. The Morgan fingerprint density at radius 2 is 0.949 bits per heavy atom. The highest BCUT2D eigenvalue weighted by Gasteiger charge is 2.36. The molecular formula is C67H110F2N18O11. The van der Waals surface area contributed by atoms with Gasteiger partial charge in [-0.15, -0.1) is 0 Å². The van der Waals surface area contributed by atoms with Gasteiger partial charge in [-0.1, -0.05) is 103 Å². The van der Waals surface area contributed by atoms with E-state index in [1.807, 2.05) is 0 Å². The largest absolute Gasteiger partial charge is 0.488 e. The fourth-order valence-electron chi connectivity index (χ4n) is 13.2. The van der Waals surface area contributed by atoms with Crippen LogP contribution in [0.2, 0.25) is 0 Å². The SMILES string of the molecule is Cc1c(CC(=O)NCCCCCC(=O)N[C@H](CC2CCCCC2)C(=O)N[C@H](CCCN=C(N)N)C(=O)N[C@H](CC2CCCCC2)C(=O)N[C@H](CCCN=C(N)N)C(=O)N[C@H](CC2CCCCC2)C(=O)N[C@H](CCCN=C(N)N)C(N)=O)c(=O)oc2c(F)c(OCCCCN)c(F)cc12. The van der Waals surface area contributed by atoms with Gasteiger partial charge in [-0.25, -0.2) is 9.18 Å². The van der Waals surface area contributed by atoms with Crippen LogP contribution in [0.5, 0.6) is 5.75 Å². The van der Waals surface area contributed by atoms with E-state index in [0.29, 0.717) is 51.5 Å². The molecule has 1 aromatic carbocycles. The van der Waals surface area contributed by atoms with E-state index in [2.05, 4.69) is 52.2 Å². The fourth-order valence-corrected chi connectivity index (χ4v) is 13.2. The molecule has 3 fully saturated rings. The molecule has 0 bridgehead atoms. The van der Waals surface area contributed by atoms with Gasteiger partial charge in [0.2, 0.25) is 53.1 Å². The van der Waals surface area contributed by atoms with Crippen LogP contribution in [0, 0.1) is 36.3 Å². The van der Waals surface area contributed by atoms with Crippen LogP contribution in [0.25, 0.3) is 11.0 Å². The lowest BCUT2D eigenvalue weighted by atomic mass is 9.84. The van der Waals surface area contributed by atoms with Gasteiger partial charge in [0.05, 0.1) is 18.6 Å². The first-order valence-corrected chi connectivity index (χ1v) is 35.2. The van der Waals surface area contributed by atoms with Gasteiger partial charge in [0.15, 0.2) is 35.0 Å². The van der Waals surface area contributed by atoms with Crippen molar-refractivity contribution in [1.29, 1.82) is 0 Å². The predicted octanol–water partition coefficient (Wildman–Crippen LogP) is 2.18. The number of carbonyl (C=O) groups excluding carboxylic acids is 8. The zero-order chi connectivity index (χ0) is 71.5. The van der Waals surface area contributed by atoms with E-state index in [1.165, 1.54) is 6.92 Å². The Morgan fingerprint density at radius 3 is 1.39 bits per heavy atom. The average molecular weight is 1380 g/mol. The Balaban J connectivity index is 1.29. The Labute approximate surface area is 572 Å². The van der Waals surface area contributed by atoms with E-state index in [-0.39, 0.29) is 136 Å². The second-order valence-corrected chi connectivity index (χ2v) is 26.4. The van der Waals surface area contributed by atoms with E-state index >= 15 is 8.78 Å². The summed E-state index contributed by atoms with van der Waals surface area (Å²) in [5.41, 5.74) is 43.5. The molecule has 0 radical (unpaired) electrons. The van der Waals surface area contributed by atoms with Crippen LogP contribution >= 0.6 is 0 Å². The molecule has 98 heavy (non-hydrogen) atoms. The summed E-state index contributed by atoms with van der Waals surface area (Å²) >= 11 is 0. The zero-order valence-electron chi connectivity index (χ0n) is 57.1. The number of rotatable bonds is 43. The first-order valence-electron chi connectivity index (χ1n) is 35.2. The quantitative estimate of drug-likeness (QED) is 0.0196. The number of hydrogen-bond acceptors (Lipinski definition) is 15. The Kier molecular flexibility index (Phi) is 35.3. The molecule has 1 aromatic heterocycles. The topological polar surface area (TPSA) is 505 Å². The highest BCUT2D eigenvalue weighted by Crippen LogP contribution is 2.33. The smallest absolute Gasteiger partial charge is 0.340 e. The Bertz CT molecular complexity index is 3080. The van der Waals surface area contributed by atoms with E-state index in [9.17, 15) is 43.2 Å². The third-order valence-electron chi connectivity index (χ3n) is 18.6. The lowest BCUT2D eigenvalue weighted by Crippen LogP contribution is -2.60. The highest BCUT2D eigenvalue weighted by atomic mass is 19.1. The first-order chi connectivity index (χ1) is 46.9. The fraction of sp³-hybridized carbons (Fsp3) is 0.701. The number of fused-ring (bicyclic) bond motifs is 1. The number of aliphatic imine (C=N–C) groups is 3. The van der Waals surface area contributed by atoms with Gasteiger partial charge in [-0.05, 0) is 126 Å². The molecule has 548 valence electrons. The van der Waals surface area contributed by atoms with Gasteiger partial charge < -0.3 is 92.2 Å². The molecular weight excluding hydrogens is 1270 g/mol. The van der Waals surface area contributed by atoms with Crippen LogP contribution in [0.3, 0.4) is 0 Å². The number of aryl methyl sites for hydroxylation is 1. The number of nitrogens with two attached hydrogens (primary N) is 8. The van der Waals surface area contributed by atoms with Crippen molar-refractivity contribution in [2.45, 2.75) is 242 Å². The monoisotopic (exact) mass is 1380 g/mol. The standard InChI is InChI=1S/C67H110F2N18O11/c1-40-44-38-46(68)57(97-34-15-13-29-70)55(69)56(44)98-64(96)45(40)39-54(89)78-30-14-5-12-28-53(88)82-50(35-41-19-6-2-7-20-41)61(93)84-48(26-17-32-80-66(74)75)59(91)87-52(37-43-23-10-4-11-24-43)63(95)85-49(27-18-33-81-67(76)77)60(92)86-51(36-42-21-8-3-9-22-42)62(94)83-47(58(71)90)25-16-31-79-65(72)73/h38,41-43,47-52H,2-37,39,70H2,1H3,(H2,71,90)(H,78,89)(H,82,88)(H,83,94)(H,84,93)(H,85,95)(H,86,92)(H,87,91)(H4,72,73,79)(H4,74,75,80)(H4,76,77,81)/t47-,48-,49-,50-,51-,52-/m1/s1. The maximum Gasteiger partial charge on any atom is 0.340 e. The van der Waals surface area contributed by atoms with Crippen LogP contribution in [0.4, 0.5) is 8.78 Å². The van der Waals surface area contributed by atoms with Crippen LogP contribution < -0.4 is 93.4 Å². The Hall–Kier alpha value is -8.38. The van der Waals surface area contributed by atoms with Crippen molar-refractivity contribution >= 4 is 76.1 Å². The number of carbonyl (C=O) groups is 8. The number of guanidine groups is 3. The van der Waals surface area contributed by atoms with E-state index < -0.39 is 119 Å². The van der Waals surface area contributed by atoms with Gasteiger partial charge in [0.1, 0.15) is 36.3 Å². The van der Waals surface area contributed by atoms with Gasteiger partial charge >= 0.3 is 5.63 Å². The lowest BCUT2D eigenvalue weighted by Gasteiger charge is -2.31. The summed E-state index contributed by atoms with van der Waals surface area (Å²) in [5, 5.41) is 20.0. The number of halogens is 2. The van der Waals surface area contributed by atoms with E-state index in [1.54, 1.807) is 0 Å². The minimum Gasteiger partial charge on any atom is -0.488 e. The predicted molar refractivity (Wildman–Crippen MR) is 370 cm³/mol. The van der Waals surface area contributed by atoms with Crippen molar-refractivity contribution < 1.29 is 56.3 Å². The number of benzene rings is 1. The Morgan fingerprint density at radius 1 is 0.531 bits per heavy atom. The lowest BCUT2D eigenvalue weighted by molar-refractivity contribution is -0.136. The van der Waals surface area contributed by atoms with Crippen molar-refractivity contribution in [2.24, 2.45) is 78.6 Å². The summed E-state index contributed by atoms with van der Waals surface area (Å²) in [7, 11) is 0. The zero-order valence-corrected chi connectivity index (χ0v) is 57.1. The van der Waals surface area contributed by atoms with Crippen molar-refractivity contribution in [3.63, 3.8) is 0 Å². The maximum atomic E-state index is 15.4. The van der Waals surface area contributed by atoms with Crippen molar-refractivity contribution in [1.82, 2.24) is 37.2 Å². The maximum absolute atomic E-state index is 15.4. The number of ether oxygens (including phenoxy) is 1. The molecule has 31 heteroatoms. The summed E-state index contributed by atoms with van der Waals surface area (Å²) in [6.45, 7) is 2.40.